The van der Waals surface area contributed by atoms with Crippen molar-refractivity contribution in [1.82, 2.24) is 0 Å². The van der Waals surface area contributed by atoms with Gasteiger partial charge in [-0.15, -0.1) is 0 Å². The summed E-state index contributed by atoms with van der Waals surface area (Å²) in [6, 6.07) is 20.6. The van der Waals surface area contributed by atoms with Crippen molar-refractivity contribution in [3.05, 3.63) is 81.8 Å². The summed E-state index contributed by atoms with van der Waals surface area (Å²) in [7, 11) is 0. The minimum Gasteiger partial charge on any atom is -0.388 e. The van der Waals surface area contributed by atoms with Gasteiger partial charge in [-0.2, -0.15) is 0 Å². The molecule has 0 saturated carbocycles. The normalized spacial score (nSPS) is 12.5. The van der Waals surface area contributed by atoms with Gasteiger partial charge >= 0.3 is 0 Å². The number of aliphatic hydroxyl groups is 1. The van der Waals surface area contributed by atoms with Gasteiger partial charge in [0.25, 0.3) is 0 Å². The molecule has 0 saturated heterocycles. The Hall–Kier alpha value is -1.64. The molecule has 106 valence electrons. The highest BCUT2D eigenvalue weighted by molar-refractivity contribution is 9.10. The van der Waals surface area contributed by atoms with Crippen molar-refractivity contribution in [1.29, 1.82) is 0 Å². The molecular weight excluding hydrogens is 324 g/mol. The number of halogens is 1. The maximum Gasteiger partial charge on any atom is 0.0833 e. The predicted octanol–water partition coefficient (Wildman–Crippen LogP) is 5.19. The third-order valence-electron chi connectivity index (χ3n) is 3.88. The van der Waals surface area contributed by atoms with Crippen LogP contribution in [0.1, 0.15) is 22.8 Å². The molecular formula is C19H17BrO. The number of hydrogen-bond donors (Lipinski definition) is 1. The lowest BCUT2D eigenvalue weighted by atomic mass is 9.95. The van der Waals surface area contributed by atoms with Gasteiger partial charge < -0.3 is 5.11 Å². The summed E-state index contributed by atoms with van der Waals surface area (Å²) in [6.07, 6.45) is 0.146. The zero-order valence-electron chi connectivity index (χ0n) is 11.9. The highest BCUT2D eigenvalue weighted by atomic mass is 79.9. The molecule has 0 heterocycles. The number of rotatable bonds is 3. The molecule has 0 spiro atoms. The Labute approximate surface area is 133 Å². The van der Waals surface area contributed by atoms with Crippen molar-refractivity contribution in [2.45, 2.75) is 19.4 Å². The molecule has 0 bridgehead atoms. The van der Waals surface area contributed by atoms with Crippen LogP contribution >= 0.6 is 15.9 Å². The van der Waals surface area contributed by atoms with E-state index in [0.717, 1.165) is 15.6 Å². The molecule has 2 heteroatoms. The first kappa shape index (κ1) is 14.3. The number of fused-ring (bicyclic) bond motifs is 1. The highest BCUT2D eigenvalue weighted by Gasteiger charge is 2.13. The van der Waals surface area contributed by atoms with Crippen molar-refractivity contribution < 1.29 is 5.11 Å². The molecule has 0 aromatic heterocycles. The Bertz CT molecular complexity index is 774. The maximum absolute atomic E-state index is 10.6. The second-order valence-corrected chi connectivity index (χ2v) is 6.27. The van der Waals surface area contributed by atoms with E-state index in [1.807, 2.05) is 37.3 Å². The Kier molecular flexibility index (Phi) is 4.09. The summed E-state index contributed by atoms with van der Waals surface area (Å²) >= 11 is 3.46. The van der Waals surface area contributed by atoms with Crippen LogP contribution < -0.4 is 0 Å². The number of aryl methyl sites for hydroxylation is 1. The molecule has 0 aliphatic carbocycles. The van der Waals surface area contributed by atoms with E-state index in [2.05, 4.69) is 46.3 Å². The Balaban J connectivity index is 1.94. The van der Waals surface area contributed by atoms with Crippen LogP contribution in [-0.2, 0) is 6.42 Å². The number of hydrogen-bond acceptors (Lipinski definition) is 1. The lowest BCUT2D eigenvalue weighted by molar-refractivity contribution is 0.178. The fourth-order valence-electron chi connectivity index (χ4n) is 2.80. The van der Waals surface area contributed by atoms with Crippen LogP contribution in [0.25, 0.3) is 10.8 Å². The molecule has 3 rings (SSSR count). The second-order valence-electron chi connectivity index (χ2n) is 5.36. The average Bonchev–Trinajstić information content (AvgIpc) is 2.47. The topological polar surface area (TPSA) is 20.2 Å². The van der Waals surface area contributed by atoms with Crippen LogP contribution in [-0.4, -0.2) is 5.11 Å². The van der Waals surface area contributed by atoms with E-state index in [1.165, 1.54) is 16.3 Å². The third-order valence-corrected chi connectivity index (χ3v) is 4.38. The first-order valence-electron chi connectivity index (χ1n) is 7.06. The minimum absolute atomic E-state index is 0.482. The smallest absolute Gasteiger partial charge is 0.0833 e. The fraction of sp³-hybridized carbons (Fsp3) is 0.158. The molecule has 0 fully saturated rings. The van der Waals surface area contributed by atoms with Crippen LogP contribution in [0, 0.1) is 6.92 Å². The lowest BCUT2D eigenvalue weighted by Gasteiger charge is -2.15. The van der Waals surface area contributed by atoms with E-state index >= 15 is 0 Å². The zero-order valence-corrected chi connectivity index (χ0v) is 13.5. The highest BCUT2D eigenvalue weighted by Crippen LogP contribution is 2.27. The van der Waals surface area contributed by atoms with Crippen molar-refractivity contribution in [3.63, 3.8) is 0 Å². The van der Waals surface area contributed by atoms with Gasteiger partial charge in [0, 0.05) is 10.9 Å². The molecule has 1 atom stereocenters. The van der Waals surface area contributed by atoms with Gasteiger partial charge in [-0.3, -0.25) is 0 Å². The molecule has 1 unspecified atom stereocenters. The molecule has 0 amide bonds. The fourth-order valence-corrected chi connectivity index (χ4v) is 3.28. The Morgan fingerprint density at radius 2 is 1.76 bits per heavy atom. The van der Waals surface area contributed by atoms with Gasteiger partial charge in [0.15, 0.2) is 0 Å². The first-order chi connectivity index (χ1) is 10.1. The summed E-state index contributed by atoms with van der Waals surface area (Å²) in [6.45, 7) is 2.03. The summed E-state index contributed by atoms with van der Waals surface area (Å²) in [5.74, 6) is 0. The van der Waals surface area contributed by atoms with Gasteiger partial charge in [0.05, 0.1) is 6.10 Å². The summed E-state index contributed by atoms with van der Waals surface area (Å²) in [5, 5.41) is 13.0. The Morgan fingerprint density at radius 1 is 1.00 bits per heavy atom. The summed E-state index contributed by atoms with van der Waals surface area (Å²) in [4.78, 5) is 0. The molecule has 0 radical (unpaired) electrons. The first-order valence-corrected chi connectivity index (χ1v) is 7.85. The monoisotopic (exact) mass is 340 g/mol. The largest absolute Gasteiger partial charge is 0.388 e. The molecule has 21 heavy (non-hydrogen) atoms. The van der Waals surface area contributed by atoms with E-state index in [4.69, 9.17) is 0 Å². The van der Waals surface area contributed by atoms with Gasteiger partial charge in [-0.05, 0) is 46.5 Å². The molecule has 0 aliphatic heterocycles. The zero-order chi connectivity index (χ0) is 14.8. The number of benzene rings is 3. The van der Waals surface area contributed by atoms with Gasteiger partial charge in [0.1, 0.15) is 0 Å². The van der Waals surface area contributed by atoms with Crippen molar-refractivity contribution in [2.24, 2.45) is 0 Å². The molecule has 3 aromatic carbocycles. The van der Waals surface area contributed by atoms with Gasteiger partial charge in [-0.25, -0.2) is 0 Å². The van der Waals surface area contributed by atoms with Crippen LogP contribution in [0.5, 0.6) is 0 Å². The van der Waals surface area contributed by atoms with Crippen LogP contribution in [0.15, 0.2) is 65.1 Å². The van der Waals surface area contributed by atoms with E-state index < -0.39 is 6.10 Å². The van der Waals surface area contributed by atoms with Gasteiger partial charge in [0.2, 0.25) is 0 Å². The average molecular weight is 341 g/mol. The van der Waals surface area contributed by atoms with E-state index in [-0.39, 0.29) is 0 Å². The maximum atomic E-state index is 10.6. The molecule has 3 aromatic rings. The number of aliphatic hydroxyl groups excluding tert-OH is 1. The van der Waals surface area contributed by atoms with Crippen molar-refractivity contribution in [2.75, 3.05) is 0 Å². The van der Waals surface area contributed by atoms with E-state index in [9.17, 15) is 5.11 Å². The summed E-state index contributed by atoms with van der Waals surface area (Å²) in [5.41, 5.74) is 3.28. The van der Waals surface area contributed by atoms with Crippen molar-refractivity contribution >= 4 is 26.7 Å². The van der Waals surface area contributed by atoms with Crippen LogP contribution in [0.3, 0.4) is 0 Å². The molecule has 0 aliphatic rings. The molecule has 1 nitrogen and oxygen atoms in total. The minimum atomic E-state index is -0.482. The summed E-state index contributed by atoms with van der Waals surface area (Å²) < 4.78 is 1.04. The van der Waals surface area contributed by atoms with Gasteiger partial charge in [-0.1, -0.05) is 64.5 Å². The molecule has 1 N–H and O–H groups in total. The van der Waals surface area contributed by atoms with Crippen molar-refractivity contribution in [3.8, 4) is 0 Å². The Morgan fingerprint density at radius 3 is 2.57 bits per heavy atom. The van der Waals surface area contributed by atoms with E-state index in [0.29, 0.717) is 6.42 Å². The van der Waals surface area contributed by atoms with E-state index in [1.54, 1.807) is 0 Å². The third kappa shape index (κ3) is 3.02. The quantitative estimate of drug-likeness (QED) is 0.695. The predicted molar refractivity (Wildman–Crippen MR) is 91.5 cm³/mol. The lowest BCUT2D eigenvalue weighted by Crippen LogP contribution is -2.04. The SMILES string of the molecule is Cc1cc(Br)ccc1C(O)Cc1cccc2ccccc12. The van der Waals surface area contributed by atoms with Crippen LogP contribution in [0.2, 0.25) is 0 Å². The second kappa shape index (κ2) is 6.00. The standard InChI is InChI=1S/C19H17BrO/c1-13-11-16(20)9-10-17(13)19(21)12-15-7-4-6-14-5-2-3-8-18(14)15/h2-11,19,21H,12H2,1H3. The van der Waals surface area contributed by atoms with Crippen LogP contribution in [0.4, 0.5) is 0 Å².